The monoisotopic (exact) mass is 304 g/mol. The predicted molar refractivity (Wildman–Crippen MR) is 89.4 cm³/mol. The molecule has 5 unspecified atom stereocenters. The van der Waals surface area contributed by atoms with Crippen LogP contribution in [-0.4, -0.2) is 11.6 Å². The molecular formula is C20H32O2. The molecule has 124 valence electrons. The summed E-state index contributed by atoms with van der Waals surface area (Å²) in [5, 5.41) is 0. The molecule has 0 saturated heterocycles. The van der Waals surface area contributed by atoms with E-state index in [1.165, 1.54) is 38.5 Å². The molecule has 0 amide bonds. The van der Waals surface area contributed by atoms with Gasteiger partial charge >= 0.3 is 5.97 Å². The fraction of sp³-hybridized carbons (Fsp3) is 0.850. The van der Waals surface area contributed by atoms with E-state index >= 15 is 0 Å². The van der Waals surface area contributed by atoms with Gasteiger partial charge in [0.05, 0.1) is 0 Å². The van der Waals surface area contributed by atoms with Crippen molar-refractivity contribution in [2.75, 3.05) is 0 Å². The lowest BCUT2D eigenvalue weighted by molar-refractivity contribution is -0.169. The fourth-order valence-electron chi connectivity index (χ4n) is 5.66. The van der Waals surface area contributed by atoms with Crippen LogP contribution in [0.15, 0.2) is 12.2 Å². The third-order valence-electron chi connectivity index (χ3n) is 6.60. The first kappa shape index (κ1) is 16.1. The lowest BCUT2D eigenvalue weighted by Crippen LogP contribution is -2.46. The van der Waals surface area contributed by atoms with Crippen LogP contribution in [0.4, 0.5) is 0 Å². The van der Waals surface area contributed by atoms with Crippen LogP contribution in [0, 0.1) is 29.6 Å². The first-order chi connectivity index (χ1) is 10.4. The molecule has 2 bridgehead atoms. The third-order valence-corrected chi connectivity index (χ3v) is 6.60. The number of fused-ring (bicyclic) bond motifs is 2. The lowest BCUT2D eigenvalue weighted by atomic mass is 9.70. The van der Waals surface area contributed by atoms with E-state index in [9.17, 15) is 4.79 Å². The molecule has 0 radical (unpaired) electrons. The standard InChI is InChI=1S/C20H32O2/c1-13(2)19(21)22-20(11-14(3)5-6-15(4)12-20)18-10-16-7-8-17(18)9-16/h14-18H,1,5-12H2,2-4H3. The van der Waals surface area contributed by atoms with Crippen LogP contribution >= 0.6 is 0 Å². The third kappa shape index (κ3) is 2.98. The van der Waals surface area contributed by atoms with Crippen LogP contribution in [0.5, 0.6) is 0 Å². The van der Waals surface area contributed by atoms with Crippen LogP contribution in [0.3, 0.4) is 0 Å². The van der Waals surface area contributed by atoms with Gasteiger partial charge in [0.1, 0.15) is 5.60 Å². The van der Waals surface area contributed by atoms with E-state index in [1.807, 2.05) is 0 Å². The van der Waals surface area contributed by atoms with Gasteiger partial charge in [-0.2, -0.15) is 0 Å². The van der Waals surface area contributed by atoms with Crippen LogP contribution in [0.2, 0.25) is 0 Å². The first-order valence-corrected chi connectivity index (χ1v) is 9.28. The molecule has 0 spiro atoms. The number of carbonyl (C=O) groups is 1. The minimum atomic E-state index is -0.217. The van der Waals surface area contributed by atoms with Crippen LogP contribution in [-0.2, 0) is 9.53 Å². The van der Waals surface area contributed by atoms with E-state index in [-0.39, 0.29) is 11.6 Å². The van der Waals surface area contributed by atoms with Crippen LogP contribution < -0.4 is 0 Å². The van der Waals surface area contributed by atoms with Gasteiger partial charge in [-0.3, -0.25) is 0 Å². The van der Waals surface area contributed by atoms with Gasteiger partial charge in [-0.25, -0.2) is 4.79 Å². The highest BCUT2D eigenvalue weighted by Crippen LogP contribution is 2.57. The van der Waals surface area contributed by atoms with Crippen molar-refractivity contribution in [3.8, 4) is 0 Å². The second-order valence-corrected chi connectivity index (χ2v) is 8.71. The molecule has 0 aromatic rings. The highest BCUT2D eigenvalue weighted by Gasteiger charge is 2.54. The Labute approximate surface area is 135 Å². The van der Waals surface area contributed by atoms with Gasteiger partial charge in [-0.1, -0.05) is 39.7 Å². The van der Waals surface area contributed by atoms with Crippen molar-refractivity contribution in [1.29, 1.82) is 0 Å². The van der Waals surface area contributed by atoms with Gasteiger partial charge < -0.3 is 4.74 Å². The lowest BCUT2D eigenvalue weighted by Gasteiger charge is -2.44. The van der Waals surface area contributed by atoms with Crippen molar-refractivity contribution in [3.63, 3.8) is 0 Å². The van der Waals surface area contributed by atoms with E-state index in [4.69, 9.17) is 4.74 Å². The Balaban J connectivity index is 1.89. The summed E-state index contributed by atoms with van der Waals surface area (Å²) in [5.74, 6) is 3.43. The number of ether oxygens (including phenoxy) is 1. The maximum Gasteiger partial charge on any atom is 0.333 e. The van der Waals surface area contributed by atoms with Gasteiger partial charge in [0.25, 0.3) is 0 Å². The molecule has 22 heavy (non-hydrogen) atoms. The minimum Gasteiger partial charge on any atom is -0.455 e. The van der Waals surface area contributed by atoms with Crippen molar-refractivity contribution in [2.45, 2.75) is 77.7 Å². The van der Waals surface area contributed by atoms with Gasteiger partial charge in [-0.15, -0.1) is 0 Å². The summed E-state index contributed by atoms with van der Waals surface area (Å²) in [7, 11) is 0. The molecule has 0 aromatic heterocycles. The zero-order valence-electron chi connectivity index (χ0n) is 14.6. The molecule has 5 atom stereocenters. The highest BCUT2D eigenvalue weighted by molar-refractivity contribution is 5.87. The average Bonchev–Trinajstić information content (AvgIpc) is 3.04. The van der Waals surface area contributed by atoms with E-state index in [1.54, 1.807) is 6.92 Å². The Morgan fingerprint density at radius 3 is 2.14 bits per heavy atom. The largest absolute Gasteiger partial charge is 0.455 e. The van der Waals surface area contributed by atoms with Crippen molar-refractivity contribution in [3.05, 3.63) is 12.2 Å². The summed E-state index contributed by atoms with van der Waals surface area (Å²) in [4.78, 5) is 12.4. The zero-order chi connectivity index (χ0) is 15.9. The molecule has 0 heterocycles. The molecular weight excluding hydrogens is 272 g/mol. The van der Waals surface area contributed by atoms with Gasteiger partial charge in [0.2, 0.25) is 0 Å². The fourth-order valence-corrected chi connectivity index (χ4v) is 5.66. The molecule has 3 aliphatic carbocycles. The Hall–Kier alpha value is -0.790. The molecule has 3 rings (SSSR count). The molecule has 0 aromatic carbocycles. The average molecular weight is 304 g/mol. The van der Waals surface area contributed by atoms with Crippen molar-refractivity contribution in [2.24, 2.45) is 29.6 Å². The van der Waals surface area contributed by atoms with Gasteiger partial charge in [-0.05, 0) is 62.7 Å². The molecule has 2 heteroatoms. The summed E-state index contributed by atoms with van der Waals surface area (Å²) in [6.45, 7) is 10.3. The topological polar surface area (TPSA) is 26.3 Å². The van der Waals surface area contributed by atoms with E-state index in [2.05, 4.69) is 20.4 Å². The second-order valence-electron chi connectivity index (χ2n) is 8.71. The van der Waals surface area contributed by atoms with E-state index in [0.29, 0.717) is 23.3 Å². The zero-order valence-corrected chi connectivity index (χ0v) is 14.6. The number of rotatable bonds is 3. The summed E-state index contributed by atoms with van der Waals surface area (Å²) in [6, 6.07) is 0. The van der Waals surface area contributed by atoms with Crippen molar-refractivity contribution >= 4 is 5.97 Å². The Kier molecular flexibility index (Phi) is 4.40. The maximum atomic E-state index is 12.4. The highest BCUT2D eigenvalue weighted by atomic mass is 16.6. The number of esters is 1. The van der Waals surface area contributed by atoms with E-state index in [0.717, 1.165) is 24.7 Å². The summed E-state index contributed by atoms with van der Waals surface area (Å²) < 4.78 is 6.26. The molecule has 3 fully saturated rings. The van der Waals surface area contributed by atoms with Crippen LogP contribution in [0.25, 0.3) is 0 Å². The van der Waals surface area contributed by atoms with E-state index < -0.39 is 0 Å². The molecule has 0 aliphatic heterocycles. The Morgan fingerprint density at radius 1 is 1.05 bits per heavy atom. The predicted octanol–water partition coefficient (Wildman–Crippen LogP) is 5.13. The SMILES string of the molecule is C=C(C)C(=O)OC1(C2CC3CCC2C3)CC(C)CCC(C)C1. The summed E-state index contributed by atoms with van der Waals surface area (Å²) >= 11 is 0. The smallest absolute Gasteiger partial charge is 0.333 e. The van der Waals surface area contributed by atoms with Gasteiger partial charge in [0, 0.05) is 11.5 Å². The molecule has 0 N–H and O–H groups in total. The Morgan fingerprint density at radius 2 is 1.68 bits per heavy atom. The molecule has 3 aliphatic rings. The van der Waals surface area contributed by atoms with Crippen molar-refractivity contribution < 1.29 is 9.53 Å². The number of hydrogen-bond donors (Lipinski definition) is 0. The maximum absolute atomic E-state index is 12.4. The molecule has 2 nitrogen and oxygen atoms in total. The Bertz CT molecular complexity index is 441. The van der Waals surface area contributed by atoms with Gasteiger partial charge in [0.15, 0.2) is 0 Å². The normalized spacial score (nSPS) is 44.6. The number of hydrogen-bond acceptors (Lipinski definition) is 2. The van der Waals surface area contributed by atoms with Crippen molar-refractivity contribution in [1.82, 2.24) is 0 Å². The summed E-state index contributed by atoms with van der Waals surface area (Å²) in [5.41, 5.74) is 0.331. The minimum absolute atomic E-state index is 0.163. The quantitative estimate of drug-likeness (QED) is 0.410. The van der Waals surface area contributed by atoms with Crippen LogP contribution in [0.1, 0.15) is 72.1 Å². The first-order valence-electron chi connectivity index (χ1n) is 9.28. The number of carbonyl (C=O) groups excluding carboxylic acids is 1. The molecule has 3 saturated carbocycles. The summed E-state index contributed by atoms with van der Waals surface area (Å²) in [6.07, 6.45) is 10.1. The second kappa shape index (κ2) is 6.02.